The van der Waals surface area contributed by atoms with Gasteiger partial charge in [-0.1, -0.05) is 27.2 Å². The van der Waals surface area contributed by atoms with Crippen LogP contribution in [0.4, 0.5) is 0 Å². The largest absolute Gasteiger partial charge is 0.495 e. The summed E-state index contributed by atoms with van der Waals surface area (Å²) in [6, 6.07) is 6.56. The van der Waals surface area contributed by atoms with Gasteiger partial charge >= 0.3 is 0 Å². The summed E-state index contributed by atoms with van der Waals surface area (Å²) in [5.74, 6) is 1.78. The van der Waals surface area contributed by atoms with E-state index in [0.29, 0.717) is 12.6 Å². The number of imidazole rings is 1. The molecular formula is C20H23BrN4O2. The zero-order valence-electron chi connectivity index (χ0n) is 15.6. The van der Waals surface area contributed by atoms with Crippen molar-refractivity contribution in [2.75, 3.05) is 25.6 Å². The molecule has 27 heavy (non-hydrogen) atoms. The van der Waals surface area contributed by atoms with Crippen molar-refractivity contribution in [2.24, 2.45) is 5.16 Å². The SMILES string of the molecule is COc1cc(C=C2CCCN3C2=NOC[C@@H]3CBr)ccc1-n1cnc(C)c1. The predicted octanol–water partition coefficient (Wildman–Crippen LogP) is 3.78. The zero-order valence-corrected chi connectivity index (χ0v) is 17.1. The maximum absolute atomic E-state index is 5.63. The van der Waals surface area contributed by atoms with Crippen LogP contribution in [0.5, 0.6) is 5.75 Å². The molecule has 1 aromatic carbocycles. The maximum atomic E-state index is 5.63. The minimum absolute atomic E-state index is 0.336. The molecule has 142 valence electrons. The average Bonchev–Trinajstić information content (AvgIpc) is 3.13. The number of piperidine rings is 1. The van der Waals surface area contributed by atoms with E-state index in [1.54, 1.807) is 13.4 Å². The minimum atomic E-state index is 0.336. The van der Waals surface area contributed by atoms with Gasteiger partial charge in [0.1, 0.15) is 12.4 Å². The first-order valence-corrected chi connectivity index (χ1v) is 10.2. The molecule has 2 aromatic rings. The Hall–Kier alpha value is -2.28. The Bertz CT molecular complexity index is 890. The van der Waals surface area contributed by atoms with Gasteiger partial charge in [-0.2, -0.15) is 0 Å². The van der Waals surface area contributed by atoms with E-state index in [4.69, 9.17) is 9.57 Å². The number of alkyl halides is 1. The third-order valence-corrected chi connectivity index (χ3v) is 5.72. The molecule has 6 nitrogen and oxygen atoms in total. The van der Waals surface area contributed by atoms with E-state index in [1.165, 1.54) is 5.57 Å². The van der Waals surface area contributed by atoms with Crippen molar-refractivity contribution in [1.29, 1.82) is 0 Å². The topological polar surface area (TPSA) is 51.9 Å². The molecule has 0 N–H and O–H groups in total. The summed E-state index contributed by atoms with van der Waals surface area (Å²) in [5, 5.41) is 5.23. The van der Waals surface area contributed by atoms with Crippen molar-refractivity contribution in [2.45, 2.75) is 25.8 Å². The molecule has 0 aliphatic carbocycles. The van der Waals surface area contributed by atoms with Crippen molar-refractivity contribution >= 4 is 27.8 Å². The molecule has 1 saturated heterocycles. The smallest absolute Gasteiger partial charge is 0.171 e. The number of rotatable bonds is 4. The van der Waals surface area contributed by atoms with Crippen molar-refractivity contribution in [1.82, 2.24) is 14.5 Å². The van der Waals surface area contributed by atoms with Crippen molar-refractivity contribution in [3.63, 3.8) is 0 Å². The van der Waals surface area contributed by atoms with E-state index in [2.05, 4.69) is 55.2 Å². The van der Waals surface area contributed by atoms with Crippen LogP contribution in [-0.2, 0) is 4.84 Å². The van der Waals surface area contributed by atoms with Gasteiger partial charge in [0.25, 0.3) is 0 Å². The van der Waals surface area contributed by atoms with Gasteiger partial charge in [0.15, 0.2) is 5.84 Å². The molecule has 3 heterocycles. The minimum Gasteiger partial charge on any atom is -0.495 e. The number of ether oxygens (including phenoxy) is 1. The quantitative estimate of drug-likeness (QED) is 0.692. The van der Waals surface area contributed by atoms with Crippen molar-refractivity contribution in [3.8, 4) is 11.4 Å². The van der Waals surface area contributed by atoms with Crippen LogP contribution in [0.3, 0.4) is 0 Å². The number of hydrogen-bond acceptors (Lipinski definition) is 5. The van der Waals surface area contributed by atoms with E-state index in [-0.39, 0.29) is 0 Å². The number of methoxy groups -OCH3 is 1. The number of benzene rings is 1. The second kappa shape index (κ2) is 7.76. The number of aryl methyl sites for hydroxylation is 1. The lowest BCUT2D eigenvalue weighted by Gasteiger charge is -2.39. The zero-order chi connectivity index (χ0) is 18.8. The second-order valence-corrected chi connectivity index (χ2v) is 7.49. The van der Waals surface area contributed by atoms with E-state index in [1.807, 2.05) is 17.7 Å². The molecule has 0 spiro atoms. The third kappa shape index (κ3) is 3.60. The number of aromatic nitrogens is 2. The van der Waals surface area contributed by atoms with Gasteiger partial charge in [0.2, 0.25) is 0 Å². The van der Waals surface area contributed by atoms with Gasteiger partial charge in [-0.15, -0.1) is 0 Å². The summed E-state index contributed by atoms with van der Waals surface area (Å²) in [6.07, 6.45) is 8.11. The number of fused-ring (bicyclic) bond motifs is 1. The molecule has 0 amide bonds. The molecule has 2 aliphatic rings. The van der Waals surface area contributed by atoms with Crippen LogP contribution in [0.25, 0.3) is 11.8 Å². The Labute approximate surface area is 167 Å². The summed E-state index contributed by atoms with van der Waals surface area (Å²) in [6.45, 7) is 3.64. The summed E-state index contributed by atoms with van der Waals surface area (Å²) in [5.41, 5.74) is 4.25. The molecule has 4 rings (SSSR count). The van der Waals surface area contributed by atoms with Gasteiger partial charge in [-0.05, 0) is 49.1 Å². The molecule has 0 bridgehead atoms. The molecule has 2 aliphatic heterocycles. The predicted molar refractivity (Wildman–Crippen MR) is 110 cm³/mol. The summed E-state index contributed by atoms with van der Waals surface area (Å²) < 4.78 is 7.61. The fraction of sp³-hybridized carbons (Fsp3) is 0.400. The maximum Gasteiger partial charge on any atom is 0.171 e. The first kappa shape index (κ1) is 18.1. The Morgan fingerprint density at radius 1 is 1.41 bits per heavy atom. The highest BCUT2D eigenvalue weighted by molar-refractivity contribution is 9.09. The van der Waals surface area contributed by atoms with Crippen LogP contribution >= 0.6 is 15.9 Å². The van der Waals surface area contributed by atoms with Crippen molar-refractivity contribution in [3.05, 3.63) is 47.6 Å². The average molecular weight is 431 g/mol. The molecule has 7 heteroatoms. The Balaban J connectivity index is 1.66. The summed E-state index contributed by atoms with van der Waals surface area (Å²) in [7, 11) is 1.70. The van der Waals surface area contributed by atoms with Crippen LogP contribution in [0.15, 0.2) is 41.5 Å². The van der Waals surface area contributed by atoms with Crippen LogP contribution in [-0.4, -0.2) is 51.9 Å². The lowest BCUT2D eigenvalue weighted by Crippen LogP contribution is -2.49. The number of amidine groups is 1. The van der Waals surface area contributed by atoms with Gasteiger partial charge < -0.3 is 19.0 Å². The first-order chi connectivity index (χ1) is 13.2. The number of nitrogens with zero attached hydrogens (tertiary/aromatic N) is 4. The van der Waals surface area contributed by atoms with Crippen LogP contribution in [0.2, 0.25) is 0 Å². The molecular weight excluding hydrogens is 408 g/mol. The molecule has 0 unspecified atom stereocenters. The van der Waals surface area contributed by atoms with Crippen LogP contribution < -0.4 is 4.74 Å². The van der Waals surface area contributed by atoms with Gasteiger partial charge in [-0.25, -0.2) is 4.98 Å². The van der Waals surface area contributed by atoms with Gasteiger partial charge in [-0.3, -0.25) is 0 Å². The number of halogens is 1. The number of oxime groups is 1. The molecule has 1 aromatic heterocycles. The second-order valence-electron chi connectivity index (χ2n) is 6.84. The van der Waals surface area contributed by atoms with Crippen LogP contribution in [0, 0.1) is 6.92 Å². The van der Waals surface area contributed by atoms with E-state index < -0.39 is 0 Å². The van der Waals surface area contributed by atoms with E-state index in [9.17, 15) is 0 Å². The molecule has 1 atom stereocenters. The molecule has 0 saturated carbocycles. The first-order valence-electron chi connectivity index (χ1n) is 9.12. The van der Waals surface area contributed by atoms with Gasteiger partial charge in [0, 0.05) is 18.1 Å². The Morgan fingerprint density at radius 3 is 3.04 bits per heavy atom. The summed E-state index contributed by atoms with van der Waals surface area (Å²) in [4.78, 5) is 12.1. The van der Waals surface area contributed by atoms with E-state index >= 15 is 0 Å². The Morgan fingerprint density at radius 2 is 2.30 bits per heavy atom. The van der Waals surface area contributed by atoms with Gasteiger partial charge in [0.05, 0.1) is 30.9 Å². The monoisotopic (exact) mass is 430 g/mol. The van der Waals surface area contributed by atoms with E-state index in [0.717, 1.165) is 53.2 Å². The fourth-order valence-electron chi connectivity index (χ4n) is 3.60. The normalized spacial score (nSPS) is 20.9. The lowest BCUT2D eigenvalue weighted by molar-refractivity contribution is 0.0670. The molecule has 1 fully saturated rings. The van der Waals surface area contributed by atoms with Crippen molar-refractivity contribution < 1.29 is 9.57 Å². The van der Waals surface area contributed by atoms with Crippen LogP contribution in [0.1, 0.15) is 24.1 Å². The number of hydrogen-bond donors (Lipinski definition) is 0. The molecule has 0 radical (unpaired) electrons. The lowest BCUT2D eigenvalue weighted by atomic mass is 9.98. The third-order valence-electron chi connectivity index (χ3n) is 4.98. The fourth-order valence-corrected chi connectivity index (χ4v) is 4.14. The highest BCUT2D eigenvalue weighted by Gasteiger charge is 2.31. The highest BCUT2D eigenvalue weighted by Crippen LogP contribution is 2.29. The highest BCUT2D eigenvalue weighted by atomic mass is 79.9. The summed E-state index contributed by atoms with van der Waals surface area (Å²) >= 11 is 3.59. The standard InChI is InChI=1S/C20H23BrN4O2/c1-14-11-24(13-22-14)18-6-5-15(9-19(18)26-2)8-16-4-3-7-25-17(10-21)12-27-23-20(16)25/h5-6,8-9,11,13,17H,3-4,7,10,12H2,1-2H3/t17-/m0/s1. The Kier molecular flexibility index (Phi) is 5.20.